The first-order valence-electron chi connectivity index (χ1n) is 10.3. The van der Waals surface area contributed by atoms with E-state index in [-0.39, 0.29) is 12.5 Å². The Balaban J connectivity index is 0.00000103. The molecule has 0 aromatic heterocycles. The summed E-state index contributed by atoms with van der Waals surface area (Å²) in [6.07, 6.45) is 1.22. The van der Waals surface area contributed by atoms with Crippen molar-refractivity contribution < 1.29 is 24.2 Å². The summed E-state index contributed by atoms with van der Waals surface area (Å²) in [5, 5.41) is 15.2. The Bertz CT molecular complexity index is 651. The minimum absolute atomic E-state index is 0.232. The lowest BCUT2D eigenvalue weighted by atomic mass is 10.1. The maximum absolute atomic E-state index is 12.2. The van der Waals surface area contributed by atoms with Crippen LogP contribution in [0.1, 0.15) is 39.2 Å². The average Bonchev–Trinajstić information content (AvgIpc) is 3.20. The molecule has 0 radical (unpaired) electrons. The zero-order valence-electron chi connectivity index (χ0n) is 18.3. The number of carbonyl (C=O) groups excluding carboxylic acids is 3. The van der Waals surface area contributed by atoms with Gasteiger partial charge in [0.05, 0.1) is 12.6 Å². The zero-order chi connectivity index (χ0) is 22.5. The second-order valence-corrected chi connectivity index (χ2v) is 7.94. The van der Waals surface area contributed by atoms with E-state index in [0.29, 0.717) is 25.8 Å². The molecule has 8 nitrogen and oxygen atoms in total. The van der Waals surface area contributed by atoms with Gasteiger partial charge in [-0.15, -0.1) is 0 Å². The van der Waals surface area contributed by atoms with E-state index in [0.717, 1.165) is 17.9 Å². The van der Waals surface area contributed by atoms with Crippen molar-refractivity contribution >= 4 is 18.2 Å². The summed E-state index contributed by atoms with van der Waals surface area (Å²) in [4.78, 5) is 36.6. The predicted molar refractivity (Wildman–Crippen MR) is 114 cm³/mol. The van der Waals surface area contributed by atoms with Crippen LogP contribution in [0.25, 0.3) is 0 Å². The van der Waals surface area contributed by atoms with Crippen molar-refractivity contribution in [3.8, 4) is 0 Å². The van der Waals surface area contributed by atoms with Crippen molar-refractivity contribution in [2.75, 3.05) is 20.2 Å². The Kier molecular flexibility index (Phi) is 11.7. The van der Waals surface area contributed by atoms with Crippen LogP contribution in [0.15, 0.2) is 30.3 Å². The number of ether oxygens (including phenoxy) is 1. The van der Waals surface area contributed by atoms with Gasteiger partial charge in [-0.1, -0.05) is 51.1 Å². The highest BCUT2D eigenvalue weighted by atomic mass is 16.6. The van der Waals surface area contributed by atoms with Crippen molar-refractivity contribution in [1.29, 1.82) is 0 Å². The van der Waals surface area contributed by atoms with E-state index >= 15 is 0 Å². The molecule has 2 rings (SSSR count). The smallest absolute Gasteiger partial charge is 0.243 e. The number of methoxy groups -OCH3 is 1. The van der Waals surface area contributed by atoms with Crippen LogP contribution in [-0.4, -0.2) is 66.8 Å². The van der Waals surface area contributed by atoms with E-state index < -0.39 is 24.3 Å². The lowest BCUT2D eigenvalue weighted by Crippen LogP contribution is -2.50. The first-order chi connectivity index (χ1) is 14.3. The number of nitrogens with zero attached hydrogens (tertiary/aromatic N) is 1. The van der Waals surface area contributed by atoms with Crippen LogP contribution < -0.4 is 10.6 Å². The quantitative estimate of drug-likeness (QED) is 0.408. The fourth-order valence-electron chi connectivity index (χ4n) is 3.00. The summed E-state index contributed by atoms with van der Waals surface area (Å²) in [6.45, 7) is 6.82. The third-order valence-electron chi connectivity index (χ3n) is 4.39. The molecular weight excluding hydrogens is 386 g/mol. The molecule has 3 amide bonds. The second kappa shape index (κ2) is 13.7. The van der Waals surface area contributed by atoms with Crippen molar-refractivity contribution in [3.63, 3.8) is 0 Å². The fourth-order valence-corrected chi connectivity index (χ4v) is 3.00. The fraction of sp³-hybridized carbons (Fsp3) is 0.591. The Morgan fingerprint density at radius 3 is 2.47 bits per heavy atom. The number of nitrogens with one attached hydrogen (secondary N) is 2. The van der Waals surface area contributed by atoms with Gasteiger partial charge >= 0.3 is 0 Å². The maximum atomic E-state index is 12.2. The van der Waals surface area contributed by atoms with Crippen LogP contribution in [0.2, 0.25) is 0 Å². The lowest BCUT2D eigenvalue weighted by Gasteiger charge is -2.24. The van der Waals surface area contributed by atoms with Gasteiger partial charge in [0.25, 0.3) is 0 Å². The Labute approximate surface area is 179 Å². The number of likely N-dealkylation sites (tertiary alicyclic amines) is 1. The topological polar surface area (TPSA) is 108 Å². The molecule has 168 valence electrons. The Morgan fingerprint density at radius 1 is 1.27 bits per heavy atom. The van der Waals surface area contributed by atoms with Crippen LogP contribution >= 0.6 is 0 Å². The molecule has 1 aromatic carbocycles. The van der Waals surface area contributed by atoms with E-state index in [1.165, 1.54) is 12.0 Å². The van der Waals surface area contributed by atoms with Crippen molar-refractivity contribution in [2.45, 2.75) is 58.4 Å². The molecule has 1 aromatic rings. The van der Waals surface area contributed by atoms with E-state index in [1.54, 1.807) is 0 Å². The number of amides is 3. The molecule has 1 aliphatic rings. The number of aliphatic hydroxyl groups is 1. The minimum atomic E-state index is -1.17. The molecule has 1 aliphatic heterocycles. The summed E-state index contributed by atoms with van der Waals surface area (Å²) in [5.74, 6) is 0.0441. The Morgan fingerprint density at radius 2 is 1.90 bits per heavy atom. The summed E-state index contributed by atoms with van der Waals surface area (Å²) in [7, 11) is 1.35. The number of hydrogen-bond donors (Lipinski definition) is 3. The number of carbonyl (C=O) groups is 3. The van der Waals surface area contributed by atoms with E-state index in [4.69, 9.17) is 4.74 Å². The SMILES string of the molecule is CC(C)C.COC(O)C(Cc1ccccc1)NC(=O)CNC(=O)C1CCCN1C=O. The van der Waals surface area contributed by atoms with Crippen LogP contribution in [0.3, 0.4) is 0 Å². The summed E-state index contributed by atoms with van der Waals surface area (Å²) in [6, 6.07) is 8.22. The van der Waals surface area contributed by atoms with Gasteiger partial charge in [-0.2, -0.15) is 0 Å². The highest BCUT2D eigenvalue weighted by molar-refractivity contribution is 5.88. The zero-order valence-corrected chi connectivity index (χ0v) is 18.3. The lowest BCUT2D eigenvalue weighted by molar-refractivity contribution is -0.134. The molecule has 8 heteroatoms. The van der Waals surface area contributed by atoms with Gasteiger partial charge < -0.3 is 25.4 Å². The second-order valence-electron chi connectivity index (χ2n) is 7.94. The molecule has 0 saturated carbocycles. The summed E-state index contributed by atoms with van der Waals surface area (Å²) < 4.78 is 4.93. The van der Waals surface area contributed by atoms with Gasteiger partial charge in [0.2, 0.25) is 18.2 Å². The van der Waals surface area contributed by atoms with E-state index in [1.807, 2.05) is 30.3 Å². The monoisotopic (exact) mass is 421 g/mol. The molecule has 3 unspecified atom stereocenters. The molecule has 30 heavy (non-hydrogen) atoms. The van der Waals surface area contributed by atoms with Crippen molar-refractivity contribution in [1.82, 2.24) is 15.5 Å². The van der Waals surface area contributed by atoms with Crippen LogP contribution in [-0.2, 0) is 25.5 Å². The molecule has 0 spiro atoms. The van der Waals surface area contributed by atoms with E-state index in [9.17, 15) is 19.5 Å². The maximum Gasteiger partial charge on any atom is 0.243 e. The normalized spacial score (nSPS) is 17.5. The molecule has 3 atom stereocenters. The third kappa shape index (κ3) is 9.37. The summed E-state index contributed by atoms with van der Waals surface area (Å²) >= 11 is 0. The molecule has 0 aliphatic carbocycles. The van der Waals surface area contributed by atoms with Gasteiger partial charge in [0.15, 0.2) is 6.29 Å². The predicted octanol–water partition coefficient (Wildman–Crippen LogP) is 1.08. The van der Waals surface area contributed by atoms with Crippen molar-refractivity contribution in [3.05, 3.63) is 35.9 Å². The standard InChI is InChI=1S/C18H25N3O5.C4H10/c1-26-18(25)14(10-13-6-3-2-4-7-13)20-16(23)11-19-17(24)15-8-5-9-21(15)12-22;1-4(2)3/h2-4,6-7,12,14-15,18,25H,5,8-11H2,1H3,(H,19,24)(H,20,23);4H,1-3H3. The third-order valence-corrected chi connectivity index (χ3v) is 4.39. The largest absolute Gasteiger partial charge is 0.366 e. The Hall–Kier alpha value is -2.45. The van der Waals surface area contributed by atoms with Gasteiger partial charge in [0, 0.05) is 13.7 Å². The highest BCUT2D eigenvalue weighted by Crippen LogP contribution is 2.14. The molecule has 1 saturated heterocycles. The highest BCUT2D eigenvalue weighted by Gasteiger charge is 2.30. The molecule has 0 bridgehead atoms. The van der Waals surface area contributed by atoms with Gasteiger partial charge in [-0.05, 0) is 30.7 Å². The molecule has 1 fully saturated rings. The first-order valence-corrected chi connectivity index (χ1v) is 10.3. The van der Waals surface area contributed by atoms with E-state index in [2.05, 4.69) is 31.4 Å². The first kappa shape index (κ1) is 25.6. The number of benzene rings is 1. The van der Waals surface area contributed by atoms with Crippen LogP contribution in [0.4, 0.5) is 0 Å². The minimum Gasteiger partial charge on any atom is -0.366 e. The van der Waals surface area contributed by atoms with Crippen LogP contribution in [0, 0.1) is 5.92 Å². The number of hydrogen-bond acceptors (Lipinski definition) is 5. The van der Waals surface area contributed by atoms with Gasteiger partial charge in [0.1, 0.15) is 6.04 Å². The summed E-state index contributed by atoms with van der Waals surface area (Å²) in [5.41, 5.74) is 0.936. The van der Waals surface area contributed by atoms with Crippen molar-refractivity contribution in [2.24, 2.45) is 5.92 Å². The number of rotatable bonds is 9. The van der Waals surface area contributed by atoms with Crippen LogP contribution in [0.5, 0.6) is 0 Å². The molecular formula is C22H35N3O5. The molecule has 1 heterocycles. The average molecular weight is 422 g/mol. The molecule has 3 N–H and O–H groups in total. The van der Waals surface area contributed by atoms with Gasteiger partial charge in [-0.25, -0.2) is 0 Å². The van der Waals surface area contributed by atoms with Gasteiger partial charge in [-0.3, -0.25) is 14.4 Å². The number of aliphatic hydroxyl groups excluding tert-OH is 1.